The van der Waals surface area contributed by atoms with E-state index in [9.17, 15) is 4.79 Å². The summed E-state index contributed by atoms with van der Waals surface area (Å²) in [5.41, 5.74) is 3.27. The van der Waals surface area contributed by atoms with E-state index in [0.717, 1.165) is 16.9 Å². The van der Waals surface area contributed by atoms with Crippen LogP contribution in [0.5, 0.6) is 5.75 Å². The molecule has 0 aliphatic heterocycles. The molecule has 0 aliphatic carbocycles. The molecule has 0 radical (unpaired) electrons. The highest BCUT2D eigenvalue weighted by Gasteiger charge is 2.04. The van der Waals surface area contributed by atoms with Crippen LogP contribution in [0, 0.1) is 13.8 Å². The lowest BCUT2D eigenvalue weighted by atomic mass is 10.1. The molecule has 22 heavy (non-hydrogen) atoms. The normalized spacial score (nSPS) is 10.3. The van der Waals surface area contributed by atoms with Crippen LogP contribution in [0.3, 0.4) is 0 Å². The maximum Gasteiger partial charge on any atom is 0.224 e. The molecule has 0 saturated heterocycles. The molecular weight excluding hydrogens is 298 g/mol. The average molecular weight is 318 g/mol. The van der Waals surface area contributed by atoms with Gasteiger partial charge in [0.1, 0.15) is 12.4 Å². The van der Waals surface area contributed by atoms with Crippen LogP contribution in [-0.4, -0.2) is 19.1 Å². The van der Waals surface area contributed by atoms with Gasteiger partial charge in [-0.3, -0.25) is 4.79 Å². The molecule has 2 rings (SSSR count). The molecule has 0 aliphatic rings. The molecule has 3 nitrogen and oxygen atoms in total. The number of carbonyl (C=O) groups is 1. The van der Waals surface area contributed by atoms with Crippen molar-refractivity contribution in [1.29, 1.82) is 0 Å². The van der Waals surface area contributed by atoms with E-state index in [1.165, 1.54) is 5.56 Å². The van der Waals surface area contributed by atoms with Gasteiger partial charge in [-0.15, -0.1) is 0 Å². The molecule has 1 N–H and O–H groups in total. The average Bonchev–Trinajstić information content (AvgIpc) is 2.50. The Bertz CT molecular complexity index is 638. The van der Waals surface area contributed by atoms with E-state index < -0.39 is 0 Å². The molecule has 2 aromatic carbocycles. The molecular formula is C18H20ClNO2. The first-order valence-electron chi connectivity index (χ1n) is 7.26. The van der Waals surface area contributed by atoms with Crippen LogP contribution in [0.4, 0.5) is 0 Å². The van der Waals surface area contributed by atoms with Crippen LogP contribution in [0.15, 0.2) is 42.5 Å². The number of hydrogen-bond acceptors (Lipinski definition) is 2. The number of carbonyl (C=O) groups excluding carboxylic acids is 1. The van der Waals surface area contributed by atoms with Gasteiger partial charge in [0.2, 0.25) is 5.91 Å². The van der Waals surface area contributed by atoms with Crippen LogP contribution < -0.4 is 10.1 Å². The molecule has 0 heterocycles. The Balaban J connectivity index is 1.73. The smallest absolute Gasteiger partial charge is 0.224 e. The van der Waals surface area contributed by atoms with Crippen LogP contribution in [0.25, 0.3) is 0 Å². The van der Waals surface area contributed by atoms with Crippen molar-refractivity contribution in [2.45, 2.75) is 20.3 Å². The topological polar surface area (TPSA) is 38.3 Å². The Hall–Kier alpha value is -2.00. The third-order valence-corrected chi connectivity index (χ3v) is 3.77. The Morgan fingerprint density at radius 3 is 2.59 bits per heavy atom. The summed E-state index contributed by atoms with van der Waals surface area (Å²) >= 11 is 5.82. The zero-order valence-corrected chi connectivity index (χ0v) is 13.6. The highest BCUT2D eigenvalue weighted by molar-refractivity contribution is 6.30. The second kappa shape index (κ2) is 7.85. The first-order valence-corrected chi connectivity index (χ1v) is 7.64. The van der Waals surface area contributed by atoms with Gasteiger partial charge in [-0.25, -0.2) is 0 Å². The summed E-state index contributed by atoms with van der Waals surface area (Å²) in [7, 11) is 0. The van der Waals surface area contributed by atoms with Gasteiger partial charge in [-0.2, -0.15) is 0 Å². The van der Waals surface area contributed by atoms with Crippen molar-refractivity contribution in [1.82, 2.24) is 5.32 Å². The number of amides is 1. The first-order chi connectivity index (χ1) is 10.6. The van der Waals surface area contributed by atoms with Crippen molar-refractivity contribution in [2.75, 3.05) is 13.2 Å². The third-order valence-electron chi connectivity index (χ3n) is 3.51. The van der Waals surface area contributed by atoms with Gasteiger partial charge in [0.15, 0.2) is 0 Å². The fraction of sp³-hybridized carbons (Fsp3) is 0.278. The lowest BCUT2D eigenvalue weighted by molar-refractivity contribution is -0.120. The maximum atomic E-state index is 11.8. The minimum atomic E-state index is -0.0214. The summed E-state index contributed by atoms with van der Waals surface area (Å²) in [4.78, 5) is 11.8. The summed E-state index contributed by atoms with van der Waals surface area (Å²) in [5, 5.41) is 3.53. The SMILES string of the molecule is Cc1cccc(OCCNC(=O)Cc2ccc(Cl)cc2)c1C. The van der Waals surface area contributed by atoms with Crippen molar-refractivity contribution in [3.8, 4) is 5.75 Å². The summed E-state index contributed by atoms with van der Waals surface area (Å²) in [6, 6.07) is 13.2. The lowest BCUT2D eigenvalue weighted by Crippen LogP contribution is -2.29. The highest BCUT2D eigenvalue weighted by atomic mass is 35.5. The Morgan fingerprint density at radius 2 is 1.86 bits per heavy atom. The van der Waals surface area contributed by atoms with E-state index in [4.69, 9.17) is 16.3 Å². The zero-order valence-electron chi connectivity index (χ0n) is 12.9. The molecule has 0 fully saturated rings. The van der Waals surface area contributed by atoms with Crippen molar-refractivity contribution in [3.05, 3.63) is 64.2 Å². The zero-order chi connectivity index (χ0) is 15.9. The van der Waals surface area contributed by atoms with E-state index >= 15 is 0 Å². The van der Waals surface area contributed by atoms with Crippen LogP contribution in [-0.2, 0) is 11.2 Å². The van der Waals surface area contributed by atoms with Gasteiger partial charge in [0, 0.05) is 5.02 Å². The molecule has 2 aromatic rings. The maximum absolute atomic E-state index is 11.8. The molecule has 4 heteroatoms. The molecule has 0 atom stereocenters. The van der Waals surface area contributed by atoms with Gasteiger partial charge in [0.05, 0.1) is 13.0 Å². The van der Waals surface area contributed by atoms with Gasteiger partial charge in [0.25, 0.3) is 0 Å². The molecule has 0 aromatic heterocycles. The number of rotatable bonds is 6. The fourth-order valence-corrected chi connectivity index (χ4v) is 2.21. The summed E-state index contributed by atoms with van der Waals surface area (Å²) in [6.45, 7) is 5.02. The van der Waals surface area contributed by atoms with E-state index in [1.54, 1.807) is 12.1 Å². The van der Waals surface area contributed by atoms with Crippen molar-refractivity contribution in [2.24, 2.45) is 0 Å². The third kappa shape index (κ3) is 4.78. The Morgan fingerprint density at radius 1 is 1.14 bits per heavy atom. The summed E-state index contributed by atoms with van der Waals surface area (Å²) in [6.07, 6.45) is 0.348. The summed E-state index contributed by atoms with van der Waals surface area (Å²) < 4.78 is 5.70. The van der Waals surface area contributed by atoms with Gasteiger partial charge in [-0.1, -0.05) is 35.9 Å². The number of nitrogens with one attached hydrogen (secondary N) is 1. The largest absolute Gasteiger partial charge is 0.491 e. The number of aryl methyl sites for hydroxylation is 1. The van der Waals surface area contributed by atoms with Crippen molar-refractivity contribution < 1.29 is 9.53 Å². The fourth-order valence-electron chi connectivity index (χ4n) is 2.08. The minimum absolute atomic E-state index is 0.0214. The van der Waals surface area contributed by atoms with Gasteiger partial charge < -0.3 is 10.1 Å². The lowest BCUT2D eigenvalue weighted by Gasteiger charge is -2.11. The van der Waals surface area contributed by atoms with Crippen LogP contribution in [0.2, 0.25) is 5.02 Å². The number of halogens is 1. The monoisotopic (exact) mass is 317 g/mol. The quantitative estimate of drug-likeness (QED) is 0.825. The molecule has 0 bridgehead atoms. The number of hydrogen-bond donors (Lipinski definition) is 1. The van der Waals surface area contributed by atoms with Crippen molar-refractivity contribution in [3.63, 3.8) is 0 Å². The van der Waals surface area contributed by atoms with Gasteiger partial charge in [-0.05, 0) is 48.7 Å². The van der Waals surface area contributed by atoms with Crippen LogP contribution in [0.1, 0.15) is 16.7 Å². The molecule has 0 unspecified atom stereocenters. The summed E-state index contributed by atoms with van der Waals surface area (Å²) in [5.74, 6) is 0.846. The second-order valence-corrected chi connectivity index (χ2v) is 5.64. The Kier molecular flexibility index (Phi) is 5.84. The van der Waals surface area contributed by atoms with E-state index in [2.05, 4.69) is 18.3 Å². The van der Waals surface area contributed by atoms with Crippen molar-refractivity contribution >= 4 is 17.5 Å². The standard InChI is InChI=1S/C18H20ClNO2/c1-13-4-3-5-17(14(13)2)22-11-10-20-18(21)12-15-6-8-16(19)9-7-15/h3-9H,10-12H2,1-2H3,(H,20,21). The molecule has 0 spiro atoms. The highest BCUT2D eigenvalue weighted by Crippen LogP contribution is 2.20. The van der Waals surface area contributed by atoms with E-state index in [1.807, 2.05) is 31.2 Å². The molecule has 0 saturated carbocycles. The molecule has 116 valence electrons. The van der Waals surface area contributed by atoms with Crippen LogP contribution >= 0.6 is 11.6 Å². The minimum Gasteiger partial charge on any atom is -0.491 e. The predicted octanol–water partition coefficient (Wildman–Crippen LogP) is 3.69. The second-order valence-electron chi connectivity index (χ2n) is 5.20. The number of benzene rings is 2. The number of ether oxygens (including phenoxy) is 1. The van der Waals surface area contributed by atoms with E-state index in [-0.39, 0.29) is 5.91 Å². The predicted molar refractivity (Wildman–Crippen MR) is 89.6 cm³/mol. The Labute approximate surface area is 136 Å². The molecule has 1 amide bonds. The van der Waals surface area contributed by atoms with Gasteiger partial charge >= 0.3 is 0 Å². The van der Waals surface area contributed by atoms with E-state index in [0.29, 0.717) is 24.6 Å². The first kappa shape index (κ1) is 16.4.